The Morgan fingerprint density at radius 2 is 1.41 bits per heavy atom. The maximum atomic E-state index is 14.7. The molecule has 2 amide bonds. The van der Waals surface area contributed by atoms with Gasteiger partial charge in [-0.15, -0.1) is 0 Å². The van der Waals surface area contributed by atoms with Gasteiger partial charge in [-0.05, 0) is 81.6 Å². The van der Waals surface area contributed by atoms with Crippen LogP contribution in [0.5, 0.6) is 0 Å². The molecule has 0 heterocycles. The summed E-state index contributed by atoms with van der Waals surface area (Å²) in [6, 6.07) is 26.8. The molecular weight excluding hydrogens is 641 g/mol. The average Bonchev–Trinajstić information content (AvgIpc) is 3.00. The quantitative estimate of drug-likeness (QED) is 0.179. The summed E-state index contributed by atoms with van der Waals surface area (Å²) < 4.78 is 29.6. The molecule has 4 aromatic carbocycles. The van der Waals surface area contributed by atoms with Crippen LogP contribution in [0.2, 0.25) is 10.0 Å². The van der Waals surface area contributed by atoms with Crippen LogP contribution in [-0.4, -0.2) is 43.3 Å². The molecule has 0 aliphatic heterocycles. The first-order chi connectivity index (χ1) is 21.7. The number of amides is 2. The van der Waals surface area contributed by atoms with Gasteiger partial charge in [0.05, 0.1) is 10.6 Å². The van der Waals surface area contributed by atoms with Gasteiger partial charge < -0.3 is 10.2 Å². The molecule has 0 aliphatic rings. The van der Waals surface area contributed by atoms with E-state index in [1.807, 2.05) is 70.2 Å². The van der Waals surface area contributed by atoms with E-state index < -0.39 is 40.0 Å². The number of nitrogens with zero attached hydrogens (tertiary/aromatic N) is 2. The van der Waals surface area contributed by atoms with Crippen molar-refractivity contribution >= 4 is 50.7 Å². The SMILES string of the molecule is Cc1ccc(C)c(N(CC(=O)N(Cc2c(Cl)cccc2Cl)[C@@H](Cc2ccccc2)C(=O)NC(C)(C)C)S(=O)(=O)c2ccccc2)c1. The Labute approximate surface area is 282 Å². The highest BCUT2D eigenvalue weighted by atomic mass is 35.5. The number of hydrogen-bond acceptors (Lipinski definition) is 4. The fraction of sp³-hybridized carbons (Fsp3) is 0.278. The van der Waals surface area contributed by atoms with E-state index in [2.05, 4.69) is 5.32 Å². The fourth-order valence-electron chi connectivity index (χ4n) is 5.08. The molecule has 0 radical (unpaired) electrons. The van der Waals surface area contributed by atoms with Crippen molar-refractivity contribution in [2.24, 2.45) is 0 Å². The molecule has 0 saturated heterocycles. The summed E-state index contributed by atoms with van der Waals surface area (Å²) in [4.78, 5) is 30.1. The molecule has 46 heavy (non-hydrogen) atoms. The Morgan fingerprint density at radius 1 is 0.826 bits per heavy atom. The summed E-state index contributed by atoms with van der Waals surface area (Å²) >= 11 is 13.2. The van der Waals surface area contributed by atoms with Gasteiger partial charge in [-0.3, -0.25) is 13.9 Å². The Hall–Kier alpha value is -3.85. The normalized spacial score (nSPS) is 12.3. The van der Waals surface area contributed by atoms with Gasteiger partial charge in [0.2, 0.25) is 11.8 Å². The van der Waals surface area contributed by atoms with Crippen molar-refractivity contribution in [3.63, 3.8) is 0 Å². The minimum absolute atomic E-state index is 0.0377. The lowest BCUT2D eigenvalue weighted by Gasteiger charge is -2.36. The van der Waals surface area contributed by atoms with Crippen molar-refractivity contribution < 1.29 is 18.0 Å². The van der Waals surface area contributed by atoms with Gasteiger partial charge in [0, 0.05) is 34.1 Å². The van der Waals surface area contributed by atoms with Gasteiger partial charge in [0.1, 0.15) is 12.6 Å². The highest BCUT2D eigenvalue weighted by Gasteiger charge is 2.36. The number of halogens is 2. The summed E-state index contributed by atoms with van der Waals surface area (Å²) in [7, 11) is -4.21. The van der Waals surface area contributed by atoms with Crippen molar-refractivity contribution in [1.82, 2.24) is 10.2 Å². The fourth-order valence-corrected chi connectivity index (χ4v) is 7.09. The van der Waals surface area contributed by atoms with E-state index in [-0.39, 0.29) is 17.9 Å². The molecular formula is C36H39Cl2N3O4S. The second-order valence-corrected chi connectivity index (χ2v) is 15.0. The van der Waals surface area contributed by atoms with E-state index in [4.69, 9.17) is 23.2 Å². The van der Waals surface area contributed by atoms with Gasteiger partial charge >= 0.3 is 0 Å². The standard InChI is InChI=1S/C36H39Cl2N3O4S/c1-25-19-20-26(2)32(21-25)41(46(44,45)28-15-10-7-11-16-28)24-34(42)40(23-29-30(37)17-12-18-31(29)38)33(35(43)39-36(3,4)5)22-27-13-8-6-9-14-27/h6-21,33H,22-24H2,1-5H3,(H,39,43)/t33-/m0/s1. The summed E-state index contributed by atoms with van der Waals surface area (Å²) in [6.45, 7) is 8.53. The number of carbonyl (C=O) groups excluding carboxylic acids is 2. The second-order valence-electron chi connectivity index (χ2n) is 12.3. The van der Waals surface area contributed by atoms with Gasteiger partial charge in [-0.1, -0.05) is 89.9 Å². The minimum Gasteiger partial charge on any atom is -0.350 e. The monoisotopic (exact) mass is 679 g/mol. The molecule has 0 unspecified atom stereocenters. The molecule has 0 spiro atoms. The van der Waals surface area contributed by atoms with Crippen LogP contribution in [0.1, 0.15) is 43.0 Å². The summed E-state index contributed by atoms with van der Waals surface area (Å²) in [5, 5.41) is 3.66. The predicted molar refractivity (Wildman–Crippen MR) is 186 cm³/mol. The van der Waals surface area contributed by atoms with Crippen LogP contribution in [0.3, 0.4) is 0 Å². The third kappa shape index (κ3) is 8.69. The molecule has 0 fully saturated rings. The molecule has 0 bridgehead atoms. The Kier molecular flexibility index (Phi) is 11.2. The van der Waals surface area contributed by atoms with E-state index in [9.17, 15) is 18.0 Å². The lowest BCUT2D eigenvalue weighted by atomic mass is 10.0. The zero-order chi connectivity index (χ0) is 33.6. The lowest BCUT2D eigenvalue weighted by Crippen LogP contribution is -2.56. The first-order valence-electron chi connectivity index (χ1n) is 14.9. The highest BCUT2D eigenvalue weighted by Crippen LogP contribution is 2.31. The number of benzene rings is 4. The van der Waals surface area contributed by atoms with Crippen molar-refractivity contribution in [3.8, 4) is 0 Å². The number of rotatable bonds is 11. The van der Waals surface area contributed by atoms with Gasteiger partial charge in [-0.2, -0.15) is 0 Å². The van der Waals surface area contributed by atoms with E-state index >= 15 is 0 Å². The van der Waals surface area contributed by atoms with Crippen LogP contribution in [-0.2, 0) is 32.6 Å². The molecule has 1 atom stereocenters. The van der Waals surface area contributed by atoms with Crippen molar-refractivity contribution in [3.05, 3.63) is 129 Å². The van der Waals surface area contributed by atoms with Crippen LogP contribution in [0, 0.1) is 13.8 Å². The lowest BCUT2D eigenvalue weighted by molar-refractivity contribution is -0.140. The second kappa shape index (κ2) is 14.7. The maximum Gasteiger partial charge on any atom is 0.264 e. The zero-order valence-electron chi connectivity index (χ0n) is 26.6. The molecule has 4 rings (SSSR count). The molecule has 0 aromatic heterocycles. The van der Waals surface area contributed by atoms with Crippen LogP contribution in [0.4, 0.5) is 5.69 Å². The molecule has 1 N–H and O–H groups in total. The van der Waals surface area contributed by atoms with Crippen LogP contribution in [0.25, 0.3) is 0 Å². The number of aryl methyl sites for hydroxylation is 2. The van der Waals surface area contributed by atoms with Gasteiger partial charge in [0.25, 0.3) is 10.0 Å². The van der Waals surface area contributed by atoms with E-state index in [1.165, 1.54) is 17.0 Å². The number of carbonyl (C=O) groups is 2. The first-order valence-corrected chi connectivity index (χ1v) is 17.1. The molecule has 0 saturated carbocycles. The Morgan fingerprint density at radius 3 is 2.00 bits per heavy atom. The van der Waals surface area contributed by atoms with Crippen LogP contribution in [0.15, 0.2) is 102 Å². The van der Waals surface area contributed by atoms with E-state index in [0.717, 1.165) is 15.4 Å². The highest BCUT2D eigenvalue weighted by molar-refractivity contribution is 7.92. The van der Waals surface area contributed by atoms with Gasteiger partial charge in [0.15, 0.2) is 0 Å². The summed E-state index contributed by atoms with van der Waals surface area (Å²) in [6.07, 6.45) is 0.172. The molecule has 0 aliphatic carbocycles. The third-order valence-corrected chi connectivity index (χ3v) is 9.89. The molecule has 7 nitrogen and oxygen atoms in total. The number of nitrogens with one attached hydrogen (secondary N) is 1. The van der Waals surface area contributed by atoms with Crippen molar-refractivity contribution in [2.75, 3.05) is 10.8 Å². The third-order valence-electron chi connectivity index (χ3n) is 7.40. The van der Waals surface area contributed by atoms with Crippen LogP contribution < -0.4 is 9.62 Å². The Balaban J connectivity index is 1.88. The summed E-state index contributed by atoms with van der Waals surface area (Å²) in [5.74, 6) is -0.988. The maximum absolute atomic E-state index is 14.7. The van der Waals surface area contributed by atoms with E-state index in [1.54, 1.807) is 49.4 Å². The van der Waals surface area contributed by atoms with Crippen molar-refractivity contribution in [2.45, 2.75) is 64.1 Å². The first kappa shape index (κ1) is 35.0. The van der Waals surface area contributed by atoms with E-state index in [0.29, 0.717) is 26.9 Å². The number of anilines is 1. The number of hydrogen-bond donors (Lipinski definition) is 1. The average molecular weight is 681 g/mol. The predicted octanol–water partition coefficient (Wildman–Crippen LogP) is 7.36. The molecule has 4 aromatic rings. The van der Waals surface area contributed by atoms with Crippen molar-refractivity contribution in [1.29, 1.82) is 0 Å². The van der Waals surface area contributed by atoms with Gasteiger partial charge in [-0.25, -0.2) is 8.42 Å². The largest absolute Gasteiger partial charge is 0.350 e. The molecule has 10 heteroatoms. The zero-order valence-corrected chi connectivity index (χ0v) is 29.0. The number of sulfonamides is 1. The smallest absolute Gasteiger partial charge is 0.264 e. The topological polar surface area (TPSA) is 86.8 Å². The minimum atomic E-state index is -4.21. The summed E-state index contributed by atoms with van der Waals surface area (Å²) in [5.41, 5.74) is 2.53. The molecule has 242 valence electrons. The Bertz CT molecular complexity index is 1770. The van der Waals surface area contributed by atoms with Crippen LogP contribution >= 0.6 is 23.2 Å².